The fraction of sp³-hybridized carbons (Fsp3) is 0.241. The average molecular weight is 477 g/mol. The first-order chi connectivity index (χ1) is 17.7. The highest BCUT2D eigenvalue weighted by molar-refractivity contribution is 5.80. The summed E-state index contributed by atoms with van der Waals surface area (Å²) in [6.45, 7) is 3.48. The SMILES string of the molecule is CCc1ccc2[nH]c(=O)c([C@H](c3nnnn3Cc3ccccc3)N3CCCc4ccccc43)cc2c1. The number of aromatic amines is 1. The van der Waals surface area contributed by atoms with Gasteiger partial charge in [-0.05, 0) is 76.0 Å². The largest absolute Gasteiger partial charge is 0.357 e. The van der Waals surface area contributed by atoms with Crippen LogP contribution in [0.5, 0.6) is 0 Å². The van der Waals surface area contributed by atoms with Crippen molar-refractivity contribution in [1.29, 1.82) is 0 Å². The Kier molecular flexibility index (Phi) is 5.81. The smallest absolute Gasteiger partial charge is 0.254 e. The number of benzene rings is 3. The van der Waals surface area contributed by atoms with Crippen LogP contribution in [0.1, 0.15) is 47.5 Å². The van der Waals surface area contributed by atoms with Crippen LogP contribution < -0.4 is 10.5 Å². The topological polar surface area (TPSA) is 79.7 Å². The van der Waals surface area contributed by atoms with Gasteiger partial charge in [0.05, 0.1) is 6.54 Å². The molecule has 7 heteroatoms. The van der Waals surface area contributed by atoms with Gasteiger partial charge in [0.25, 0.3) is 5.56 Å². The van der Waals surface area contributed by atoms with Crippen LogP contribution in [0, 0.1) is 0 Å². The summed E-state index contributed by atoms with van der Waals surface area (Å²) in [5, 5.41) is 13.9. The maximum atomic E-state index is 13.6. The fourth-order valence-corrected chi connectivity index (χ4v) is 5.25. The Morgan fingerprint density at radius 1 is 0.972 bits per heavy atom. The highest BCUT2D eigenvalue weighted by Gasteiger charge is 2.33. The molecule has 7 nitrogen and oxygen atoms in total. The molecule has 0 amide bonds. The molecule has 1 aliphatic heterocycles. The first kappa shape index (κ1) is 22.2. The first-order valence-corrected chi connectivity index (χ1v) is 12.5. The van der Waals surface area contributed by atoms with Gasteiger partial charge in [-0.2, -0.15) is 0 Å². The number of pyridine rings is 1. The number of H-pyrrole nitrogens is 1. The van der Waals surface area contributed by atoms with E-state index in [0.29, 0.717) is 17.9 Å². The molecule has 0 radical (unpaired) electrons. The first-order valence-electron chi connectivity index (χ1n) is 12.5. The summed E-state index contributed by atoms with van der Waals surface area (Å²) in [5.74, 6) is 0.659. The van der Waals surface area contributed by atoms with Crippen LogP contribution in [0.25, 0.3) is 10.9 Å². The number of aromatic nitrogens is 5. The second kappa shape index (κ2) is 9.41. The monoisotopic (exact) mass is 476 g/mol. The Bertz CT molecular complexity index is 1570. The van der Waals surface area contributed by atoms with Crippen molar-refractivity contribution in [3.8, 4) is 0 Å². The normalized spacial score (nSPS) is 14.1. The van der Waals surface area contributed by atoms with Crippen LogP contribution >= 0.6 is 0 Å². The lowest BCUT2D eigenvalue weighted by Crippen LogP contribution is -2.38. The maximum absolute atomic E-state index is 13.6. The Hall–Kier alpha value is -4.26. The Balaban J connectivity index is 1.54. The molecule has 3 aromatic carbocycles. The summed E-state index contributed by atoms with van der Waals surface area (Å²) < 4.78 is 1.82. The van der Waals surface area contributed by atoms with E-state index in [1.54, 1.807) is 0 Å². The lowest BCUT2D eigenvalue weighted by molar-refractivity contribution is 0.555. The van der Waals surface area contributed by atoms with Crippen LogP contribution in [0.15, 0.2) is 83.7 Å². The number of rotatable bonds is 6. The molecule has 180 valence electrons. The molecular formula is C29H28N6O. The van der Waals surface area contributed by atoms with Gasteiger partial charge >= 0.3 is 0 Å². The number of hydrogen-bond donors (Lipinski definition) is 1. The third-order valence-electron chi connectivity index (χ3n) is 7.08. The Morgan fingerprint density at radius 3 is 2.67 bits per heavy atom. The number of nitrogens with zero attached hydrogens (tertiary/aromatic N) is 5. The summed E-state index contributed by atoms with van der Waals surface area (Å²) in [6, 6.07) is 26.4. The van der Waals surface area contributed by atoms with E-state index in [2.05, 4.69) is 80.9 Å². The van der Waals surface area contributed by atoms with Gasteiger partial charge in [-0.1, -0.05) is 61.5 Å². The Morgan fingerprint density at radius 2 is 1.81 bits per heavy atom. The lowest BCUT2D eigenvalue weighted by atomic mass is 9.96. The number of nitrogens with one attached hydrogen (secondary N) is 1. The van der Waals surface area contributed by atoms with Gasteiger partial charge in [-0.25, -0.2) is 4.68 Å². The van der Waals surface area contributed by atoms with E-state index in [4.69, 9.17) is 0 Å². The molecule has 6 rings (SSSR count). The molecule has 36 heavy (non-hydrogen) atoms. The molecule has 1 aliphatic rings. The van der Waals surface area contributed by atoms with Crippen LogP contribution in [0.3, 0.4) is 0 Å². The highest BCUT2D eigenvalue weighted by atomic mass is 16.1. The van der Waals surface area contributed by atoms with Crippen molar-refractivity contribution in [1.82, 2.24) is 25.2 Å². The van der Waals surface area contributed by atoms with Gasteiger partial charge in [0.15, 0.2) is 5.82 Å². The van der Waals surface area contributed by atoms with Crippen LogP contribution in [-0.2, 0) is 19.4 Å². The molecule has 5 aromatic rings. The molecule has 0 saturated heterocycles. The van der Waals surface area contributed by atoms with Gasteiger partial charge in [0.1, 0.15) is 6.04 Å². The van der Waals surface area contributed by atoms with Crippen molar-refractivity contribution in [2.45, 2.75) is 38.8 Å². The minimum absolute atomic E-state index is 0.117. The zero-order chi connectivity index (χ0) is 24.5. The molecule has 1 atom stereocenters. The molecule has 0 bridgehead atoms. The number of tetrazole rings is 1. The summed E-state index contributed by atoms with van der Waals surface area (Å²) in [6.07, 6.45) is 2.95. The van der Waals surface area contributed by atoms with Crippen molar-refractivity contribution in [3.05, 3.63) is 117 Å². The van der Waals surface area contributed by atoms with Crippen molar-refractivity contribution in [2.24, 2.45) is 0 Å². The third kappa shape index (κ3) is 4.06. The van der Waals surface area contributed by atoms with E-state index in [9.17, 15) is 4.79 Å². The van der Waals surface area contributed by atoms with Crippen LogP contribution in [-0.4, -0.2) is 31.7 Å². The summed E-state index contributed by atoms with van der Waals surface area (Å²) >= 11 is 0. The average Bonchev–Trinajstić information content (AvgIpc) is 3.37. The number of aryl methyl sites for hydroxylation is 2. The molecule has 2 aromatic heterocycles. The van der Waals surface area contributed by atoms with Gasteiger partial charge in [-0.3, -0.25) is 4.79 Å². The van der Waals surface area contributed by atoms with E-state index in [1.165, 1.54) is 11.1 Å². The van der Waals surface area contributed by atoms with E-state index in [-0.39, 0.29) is 5.56 Å². The van der Waals surface area contributed by atoms with Gasteiger partial charge in [-0.15, -0.1) is 5.10 Å². The highest BCUT2D eigenvalue weighted by Crippen LogP contribution is 2.36. The fourth-order valence-electron chi connectivity index (χ4n) is 5.25. The van der Waals surface area contributed by atoms with E-state index >= 15 is 0 Å². The van der Waals surface area contributed by atoms with Crippen molar-refractivity contribution in [2.75, 3.05) is 11.4 Å². The van der Waals surface area contributed by atoms with E-state index in [1.807, 2.05) is 35.0 Å². The van der Waals surface area contributed by atoms with Gasteiger partial charge in [0.2, 0.25) is 0 Å². The molecule has 0 unspecified atom stereocenters. The summed E-state index contributed by atoms with van der Waals surface area (Å²) in [7, 11) is 0. The second-order valence-corrected chi connectivity index (χ2v) is 9.34. The minimum atomic E-state index is -0.427. The number of hydrogen-bond acceptors (Lipinski definition) is 5. The zero-order valence-electron chi connectivity index (χ0n) is 20.3. The van der Waals surface area contributed by atoms with Crippen molar-refractivity contribution >= 4 is 16.6 Å². The number of fused-ring (bicyclic) bond motifs is 2. The number of para-hydroxylation sites is 1. The molecule has 0 fully saturated rings. The molecular weight excluding hydrogens is 448 g/mol. The van der Waals surface area contributed by atoms with E-state index < -0.39 is 6.04 Å². The Labute approximate surface area is 209 Å². The predicted molar refractivity (Wildman–Crippen MR) is 141 cm³/mol. The molecule has 3 heterocycles. The lowest BCUT2D eigenvalue weighted by Gasteiger charge is -2.37. The van der Waals surface area contributed by atoms with Gasteiger partial charge in [0, 0.05) is 23.3 Å². The third-order valence-corrected chi connectivity index (χ3v) is 7.08. The molecule has 0 saturated carbocycles. The second-order valence-electron chi connectivity index (χ2n) is 9.34. The van der Waals surface area contributed by atoms with Crippen LogP contribution in [0.4, 0.5) is 5.69 Å². The maximum Gasteiger partial charge on any atom is 0.254 e. The van der Waals surface area contributed by atoms with E-state index in [0.717, 1.165) is 48.0 Å². The predicted octanol–water partition coefficient (Wildman–Crippen LogP) is 4.67. The zero-order valence-corrected chi connectivity index (χ0v) is 20.3. The molecule has 1 N–H and O–H groups in total. The van der Waals surface area contributed by atoms with Gasteiger partial charge < -0.3 is 9.88 Å². The minimum Gasteiger partial charge on any atom is -0.357 e. The van der Waals surface area contributed by atoms with Crippen molar-refractivity contribution < 1.29 is 0 Å². The number of anilines is 1. The summed E-state index contributed by atoms with van der Waals surface area (Å²) in [5.41, 5.74) is 6.11. The molecule has 0 spiro atoms. The van der Waals surface area contributed by atoms with Crippen molar-refractivity contribution in [3.63, 3.8) is 0 Å². The standard InChI is InChI=1S/C29H28N6O/c1-2-20-14-15-25-23(17-20)18-24(29(36)30-25)27(34-16-8-12-22-11-6-7-13-26(22)34)28-31-32-33-35(28)19-21-9-4-3-5-10-21/h3-7,9-11,13-15,17-18,27H,2,8,12,16,19H2,1H3,(H,30,36)/t27-/m1/s1. The molecule has 0 aliphatic carbocycles. The summed E-state index contributed by atoms with van der Waals surface area (Å²) in [4.78, 5) is 19.0. The quantitative estimate of drug-likeness (QED) is 0.385. The van der Waals surface area contributed by atoms with Crippen LogP contribution in [0.2, 0.25) is 0 Å².